The zero-order valence-corrected chi connectivity index (χ0v) is 17.0. The van der Waals surface area contributed by atoms with E-state index in [-0.39, 0.29) is 24.9 Å². The molecule has 0 fully saturated rings. The van der Waals surface area contributed by atoms with E-state index in [0.717, 1.165) is 28.1 Å². The molecule has 5 rings (SSSR count). The number of nitrogens with zero attached hydrogens (tertiary/aromatic N) is 2. The monoisotopic (exact) mass is 403 g/mol. The summed E-state index contributed by atoms with van der Waals surface area (Å²) in [5.74, 6) is 0.792. The van der Waals surface area contributed by atoms with Crippen molar-refractivity contribution in [2.75, 3.05) is 12.1 Å². The molecule has 1 atom stereocenters. The number of ether oxygens (including phenoxy) is 2. The summed E-state index contributed by atoms with van der Waals surface area (Å²) in [6, 6.07) is 11.2. The van der Waals surface area contributed by atoms with Gasteiger partial charge in [-0.25, -0.2) is 4.68 Å². The predicted octanol–water partition coefficient (Wildman–Crippen LogP) is 3.83. The minimum atomic E-state index is -0.603. The van der Waals surface area contributed by atoms with E-state index in [1.807, 2.05) is 32.9 Å². The largest absolute Gasteiger partial charge is 0.454 e. The van der Waals surface area contributed by atoms with Crippen LogP contribution >= 0.6 is 0 Å². The summed E-state index contributed by atoms with van der Waals surface area (Å²) >= 11 is 0. The second-order valence-corrected chi connectivity index (χ2v) is 7.79. The van der Waals surface area contributed by atoms with Crippen molar-refractivity contribution in [3.05, 3.63) is 64.3 Å². The normalized spacial score (nSPS) is 16.9. The molecule has 2 aromatic carbocycles. The van der Waals surface area contributed by atoms with E-state index in [1.165, 1.54) is 0 Å². The first-order chi connectivity index (χ1) is 14.4. The highest BCUT2D eigenvalue weighted by molar-refractivity contribution is 6.08. The molecular weight excluding hydrogens is 382 g/mol. The van der Waals surface area contributed by atoms with Crippen LogP contribution in [0.15, 0.2) is 36.4 Å². The van der Waals surface area contributed by atoms with Gasteiger partial charge in [-0.2, -0.15) is 5.10 Å². The van der Waals surface area contributed by atoms with Crippen molar-refractivity contribution in [3.8, 4) is 17.2 Å². The number of nitrogens with one attached hydrogen (secondary N) is 1. The average Bonchev–Trinajstić information content (AvgIpc) is 3.31. The number of aryl methyl sites for hydroxylation is 3. The summed E-state index contributed by atoms with van der Waals surface area (Å²) in [7, 11) is 0. The van der Waals surface area contributed by atoms with Gasteiger partial charge in [-0.3, -0.25) is 9.59 Å². The summed E-state index contributed by atoms with van der Waals surface area (Å²) in [4.78, 5) is 25.9. The topological polar surface area (TPSA) is 82.5 Å². The first kappa shape index (κ1) is 18.4. The van der Waals surface area contributed by atoms with Crippen LogP contribution in [0.25, 0.3) is 5.69 Å². The van der Waals surface area contributed by atoms with Crippen molar-refractivity contribution in [1.82, 2.24) is 9.78 Å². The van der Waals surface area contributed by atoms with E-state index in [4.69, 9.17) is 9.47 Å². The molecule has 1 unspecified atom stereocenters. The van der Waals surface area contributed by atoms with Crippen LogP contribution in [-0.4, -0.2) is 28.3 Å². The highest BCUT2D eigenvalue weighted by atomic mass is 16.7. The Kier molecular flexibility index (Phi) is 4.13. The quantitative estimate of drug-likeness (QED) is 0.672. The Labute approximate surface area is 173 Å². The molecule has 0 bridgehead atoms. The number of hydrogen-bond acceptors (Lipinski definition) is 5. The molecule has 30 heavy (non-hydrogen) atoms. The number of amides is 1. The number of benzene rings is 2. The van der Waals surface area contributed by atoms with Crippen molar-refractivity contribution >= 4 is 17.5 Å². The Morgan fingerprint density at radius 1 is 1.10 bits per heavy atom. The number of rotatable bonds is 3. The molecule has 3 heterocycles. The SMILES string of the molecule is Cc1ccc(-n2nc(C)c3c2NC(=O)CC3C(=O)c2ccc3c(c2)OCO3)c(C)c1. The zero-order chi connectivity index (χ0) is 21.0. The summed E-state index contributed by atoms with van der Waals surface area (Å²) in [5.41, 5.74) is 5.04. The van der Waals surface area contributed by atoms with E-state index >= 15 is 0 Å². The smallest absolute Gasteiger partial charge is 0.231 e. The number of anilines is 1. The van der Waals surface area contributed by atoms with Crippen LogP contribution in [0.4, 0.5) is 5.82 Å². The van der Waals surface area contributed by atoms with Crippen molar-refractivity contribution in [2.24, 2.45) is 0 Å². The Hall–Kier alpha value is -3.61. The van der Waals surface area contributed by atoms with Gasteiger partial charge in [0.1, 0.15) is 5.82 Å². The minimum Gasteiger partial charge on any atom is -0.454 e. The van der Waals surface area contributed by atoms with E-state index in [0.29, 0.717) is 22.9 Å². The number of carbonyl (C=O) groups is 2. The van der Waals surface area contributed by atoms with Gasteiger partial charge in [-0.05, 0) is 50.6 Å². The van der Waals surface area contributed by atoms with Crippen molar-refractivity contribution < 1.29 is 19.1 Å². The van der Waals surface area contributed by atoms with Crippen LogP contribution in [0.2, 0.25) is 0 Å². The molecule has 0 saturated heterocycles. The van der Waals surface area contributed by atoms with Gasteiger partial charge in [0.25, 0.3) is 0 Å². The van der Waals surface area contributed by atoms with Crippen molar-refractivity contribution in [1.29, 1.82) is 0 Å². The molecule has 2 aliphatic heterocycles. The molecule has 0 spiro atoms. The van der Waals surface area contributed by atoms with E-state index in [2.05, 4.69) is 16.5 Å². The lowest BCUT2D eigenvalue weighted by Crippen LogP contribution is -2.28. The lowest BCUT2D eigenvalue weighted by atomic mass is 9.85. The Balaban J connectivity index is 1.60. The van der Waals surface area contributed by atoms with Gasteiger partial charge in [-0.15, -0.1) is 0 Å². The molecule has 152 valence electrons. The lowest BCUT2D eigenvalue weighted by Gasteiger charge is -2.23. The lowest BCUT2D eigenvalue weighted by molar-refractivity contribution is -0.116. The van der Waals surface area contributed by atoms with Crippen LogP contribution in [0.1, 0.15) is 45.1 Å². The molecule has 0 aliphatic carbocycles. The molecule has 1 amide bonds. The summed E-state index contributed by atoms with van der Waals surface area (Å²) in [6.07, 6.45) is 0.0830. The fourth-order valence-corrected chi connectivity index (χ4v) is 4.24. The fraction of sp³-hybridized carbons (Fsp3) is 0.261. The van der Waals surface area contributed by atoms with Crippen LogP contribution < -0.4 is 14.8 Å². The van der Waals surface area contributed by atoms with Gasteiger partial charge in [0.15, 0.2) is 17.3 Å². The molecule has 7 heteroatoms. The van der Waals surface area contributed by atoms with Crippen LogP contribution in [0.5, 0.6) is 11.5 Å². The van der Waals surface area contributed by atoms with Gasteiger partial charge < -0.3 is 14.8 Å². The summed E-state index contributed by atoms with van der Waals surface area (Å²) in [5, 5.41) is 7.61. The number of Topliss-reactive ketones (excluding diaryl/α,β-unsaturated/α-hetero) is 1. The molecule has 1 aromatic heterocycles. The van der Waals surface area contributed by atoms with Gasteiger partial charge >= 0.3 is 0 Å². The second kappa shape index (κ2) is 6.73. The predicted molar refractivity (Wildman–Crippen MR) is 111 cm³/mol. The van der Waals surface area contributed by atoms with E-state index in [9.17, 15) is 9.59 Å². The third-order valence-corrected chi connectivity index (χ3v) is 5.66. The van der Waals surface area contributed by atoms with Gasteiger partial charge in [0, 0.05) is 17.5 Å². The second-order valence-electron chi connectivity index (χ2n) is 7.79. The number of ketones is 1. The first-order valence-corrected chi connectivity index (χ1v) is 9.83. The average molecular weight is 403 g/mol. The first-order valence-electron chi connectivity index (χ1n) is 9.83. The number of fused-ring (bicyclic) bond motifs is 2. The molecule has 0 saturated carbocycles. The van der Waals surface area contributed by atoms with Crippen LogP contribution in [0, 0.1) is 20.8 Å². The third-order valence-electron chi connectivity index (χ3n) is 5.66. The molecule has 3 aromatic rings. The molecule has 1 N–H and O–H groups in total. The zero-order valence-electron chi connectivity index (χ0n) is 17.0. The van der Waals surface area contributed by atoms with E-state index < -0.39 is 5.92 Å². The Bertz CT molecular complexity index is 1210. The molecular formula is C23H21N3O4. The molecule has 7 nitrogen and oxygen atoms in total. The Morgan fingerprint density at radius 2 is 1.90 bits per heavy atom. The minimum absolute atomic E-state index is 0.0830. The van der Waals surface area contributed by atoms with Gasteiger partial charge in [0.05, 0.1) is 17.3 Å². The maximum atomic E-state index is 13.4. The van der Waals surface area contributed by atoms with Gasteiger partial charge in [-0.1, -0.05) is 17.7 Å². The van der Waals surface area contributed by atoms with Crippen molar-refractivity contribution in [3.63, 3.8) is 0 Å². The van der Waals surface area contributed by atoms with Crippen LogP contribution in [0.3, 0.4) is 0 Å². The number of carbonyl (C=O) groups excluding carboxylic acids is 2. The van der Waals surface area contributed by atoms with Crippen LogP contribution in [-0.2, 0) is 4.79 Å². The molecule has 0 radical (unpaired) electrons. The standard InChI is InChI=1S/C23H21N3O4/c1-12-4-6-17(13(2)8-12)26-23-21(14(3)25-26)16(10-20(27)24-23)22(28)15-5-7-18-19(9-15)30-11-29-18/h4-9,16H,10-11H2,1-3H3,(H,24,27). The third kappa shape index (κ3) is 2.85. The Morgan fingerprint density at radius 3 is 2.70 bits per heavy atom. The van der Waals surface area contributed by atoms with Gasteiger partial charge in [0.2, 0.25) is 12.7 Å². The highest BCUT2D eigenvalue weighted by Crippen LogP contribution is 2.40. The fourth-order valence-electron chi connectivity index (χ4n) is 4.24. The van der Waals surface area contributed by atoms with E-state index in [1.54, 1.807) is 22.9 Å². The molecule has 2 aliphatic rings. The maximum Gasteiger partial charge on any atom is 0.231 e. The maximum absolute atomic E-state index is 13.4. The van der Waals surface area contributed by atoms with Crippen molar-refractivity contribution in [2.45, 2.75) is 33.1 Å². The number of aromatic nitrogens is 2. The summed E-state index contributed by atoms with van der Waals surface area (Å²) < 4.78 is 12.5. The highest BCUT2D eigenvalue weighted by Gasteiger charge is 2.37. The number of hydrogen-bond donors (Lipinski definition) is 1. The summed E-state index contributed by atoms with van der Waals surface area (Å²) in [6.45, 7) is 6.05.